The van der Waals surface area contributed by atoms with Gasteiger partial charge >= 0.3 is 5.97 Å². The molecule has 0 aromatic carbocycles. The Hall–Kier alpha value is -1.12. The molecule has 0 aromatic heterocycles. The third-order valence-corrected chi connectivity index (χ3v) is 1.78. The Morgan fingerprint density at radius 1 is 1.54 bits per heavy atom. The van der Waals surface area contributed by atoms with E-state index in [4.69, 9.17) is 0 Å². The summed E-state index contributed by atoms with van der Waals surface area (Å²) in [6.45, 7) is 2.01. The molecule has 0 aliphatic heterocycles. The lowest BCUT2D eigenvalue weighted by atomic mass is 10.0. The third-order valence-electron chi connectivity index (χ3n) is 1.78. The van der Waals surface area contributed by atoms with Crippen molar-refractivity contribution in [1.82, 2.24) is 0 Å². The number of allylic oxidation sites excluding steroid dienone is 1. The molecule has 3 heteroatoms. The van der Waals surface area contributed by atoms with Crippen LogP contribution in [0.5, 0.6) is 0 Å². The molecule has 0 radical (unpaired) electrons. The van der Waals surface area contributed by atoms with Crippen molar-refractivity contribution in [3.63, 3.8) is 0 Å². The predicted molar refractivity (Wildman–Crippen MR) is 50.2 cm³/mol. The van der Waals surface area contributed by atoms with Crippen molar-refractivity contribution in [2.24, 2.45) is 5.92 Å². The van der Waals surface area contributed by atoms with Crippen LogP contribution in [0.2, 0.25) is 0 Å². The second kappa shape index (κ2) is 7.53. The molecule has 0 heterocycles. The van der Waals surface area contributed by atoms with E-state index in [0.717, 1.165) is 19.1 Å². The minimum atomic E-state index is -0.331. The van der Waals surface area contributed by atoms with Crippen LogP contribution in [-0.2, 0) is 14.3 Å². The summed E-state index contributed by atoms with van der Waals surface area (Å²) in [5.41, 5.74) is 0. The van der Waals surface area contributed by atoms with Gasteiger partial charge in [0.1, 0.15) is 6.29 Å². The first-order valence-corrected chi connectivity index (χ1v) is 4.38. The Labute approximate surface area is 78.8 Å². The van der Waals surface area contributed by atoms with E-state index in [-0.39, 0.29) is 5.97 Å². The van der Waals surface area contributed by atoms with Crippen molar-refractivity contribution in [2.75, 3.05) is 7.11 Å². The van der Waals surface area contributed by atoms with Gasteiger partial charge in [0, 0.05) is 12.5 Å². The fraction of sp³-hybridized carbons (Fsp3) is 0.600. The van der Waals surface area contributed by atoms with Crippen LogP contribution in [0.25, 0.3) is 0 Å². The highest BCUT2D eigenvalue weighted by atomic mass is 16.5. The molecule has 0 amide bonds. The third kappa shape index (κ3) is 7.25. The molecule has 0 saturated heterocycles. The molecule has 1 atom stereocenters. The molecule has 0 saturated carbocycles. The Kier molecular flexibility index (Phi) is 6.88. The molecule has 0 spiro atoms. The van der Waals surface area contributed by atoms with Gasteiger partial charge in [-0.3, -0.25) is 0 Å². The van der Waals surface area contributed by atoms with Crippen LogP contribution in [0.4, 0.5) is 0 Å². The van der Waals surface area contributed by atoms with Gasteiger partial charge in [0.05, 0.1) is 7.11 Å². The van der Waals surface area contributed by atoms with E-state index in [2.05, 4.69) is 4.74 Å². The molecular formula is C10H16O3. The van der Waals surface area contributed by atoms with Gasteiger partial charge in [0.2, 0.25) is 0 Å². The summed E-state index contributed by atoms with van der Waals surface area (Å²) >= 11 is 0. The van der Waals surface area contributed by atoms with Gasteiger partial charge in [-0.25, -0.2) is 4.79 Å². The smallest absolute Gasteiger partial charge is 0.330 e. The van der Waals surface area contributed by atoms with Gasteiger partial charge in [-0.1, -0.05) is 13.0 Å². The second-order valence-electron chi connectivity index (χ2n) is 3.01. The molecule has 0 N–H and O–H groups in total. The number of carbonyl (C=O) groups is 2. The van der Waals surface area contributed by atoms with Gasteiger partial charge in [0.25, 0.3) is 0 Å². The van der Waals surface area contributed by atoms with Crippen molar-refractivity contribution in [2.45, 2.75) is 26.2 Å². The molecule has 0 aromatic rings. The average molecular weight is 184 g/mol. The molecule has 0 aliphatic carbocycles. The van der Waals surface area contributed by atoms with Crippen molar-refractivity contribution in [3.05, 3.63) is 12.2 Å². The molecule has 74 valence electrons. The van der Waals surface area contributed by atoms with E-state index in [1.54, 1.807) is 6.08 Å². The van der Waals surface area contributed by atoms with Crippen LogP contribution in [0, 0.1) is 5.92 Å². The summed E-state index contributed by atoms with van der Waals surface area (Å²) in [5.74, 6) is 0.0582. The highest BCUT2D eigenvalue weighted by Gasteiger charge is 1.98. The highest BCUT2D eigenvalue weighted by Crippen LogP contribution is 2.08. The van der Waals surface area contributed by atoms with Crippen LogP contribution >= 0.6 is 0 Å². The lowest BCUT2D eigenvalue weighted by molar-refractivity contribution is -0.134. The van der Waals surface area contributed by atoms with Crippen molar-refractivity contribution < 1.29 is 14.3 Å². The van der Waals surface area contributed by atoms with Crippen LogP contribution in [0.15, 0.2) is 12.2 Å². The van der Waals surface area contributed by atoms with Gasteiger partial charge < -0.3 is 9.53 Å². The Morgan fingerprint density at radius 3 is 2.77 bits per heavy atom. The first-order valence-electron chi connectivity index (χ1n) is 4.38. The normalized spacial score (nSPS) is 12.8. The van der Waals surface area contributed by atoms with E-state index in [0.29, 0.717) is 12.3 Å². The molecule has 0 fully saturated rings. The quantitative estimate of drug-likeness (QED) is 0.358. The molecular weight excluding hydrogens is 168 g/mol. The zero-order valence-electron chi connectivity index (χ0n) is 8.16. The maximum absolute atomic E-state index is 10.6. The minimum Gasteiger partial charge on any atom is -0.466 e. The minimum absolute atomic E-state index is 0.331. The average Bonchev–Trinajstić information content (AvgIpc) is 2.12. The number of hydrogen-bond donors (Lipinski definition) is 0. The van der Waals surface area contributed by atoms with Crippen LogP contribution in [-0.4, -0.2) is 19.4 Å². The lowest BCUT2D eigenvalue weighted by Crippen LogP contribution is -1.96. The summed E-state index contributed by atoms with van der Waals surface area (Å²) in [5, 5.41) is 0. The summed E-state index contributed by atoms with van der Waals surface area (Å²) in [7, 11) is 1.35. The van der Waals surface area contributed by atoms with Crippen LogP contribution < -0.4 is 0 Å². The number of carbonyl (C=O) groups excluding carboxylic acids is 2. The molecule has 3 nitrogen and oxygen atoms in total. The summed E-state index contributed by atoms with van der Waals surface area (Å²) in [6, 6.07) is 0. The van der Waals surface area contributed by atoms with Gasteiger partial charge in [0.15, 0.2) is 0 Å². The zero-order valence-corrected chi connectivity index (χ0v) is 8.16. The monoisotopic (exact) mass is 184 g/mol. The zero-order chi connectivity index (χ0) is 10.1. The first-order chi connectivity index (χ1) is 6.20. The predicted octanol–water partition coefficient (Wildman–Crippen LogP) is 1.72. The largest absolute Gasteiger partial charge is 0.466 e. The fourth-order valence-electron chi connectivity index (χ4n) is 0.910. The topological polar surface area (TPSA) is 43.4 Å². The van der Waals surface area contributed by atoms with E-state index in [9.17, 15) is 9.59 Å². The molecule has 1 unspecified atom stereocenters. The SMILES string of the molecule is COC(=O)C=CCCC(C)CC=O. The summed E-state index contributed by atoms with van der Waals surface area (Å²) in [4.78, 5) is 20.7. The lowest BCUT2D eigenvalue weighted by Gasteiger charge is -2.03. The van der Waals surface area contributed by atoms with Gasteiger partial charge in [-0.05, 0) is 18.8 Å². The van der Waals surface area contributed by atoms with Crippen LogP contribution in [0.1, 0.15) is 26.2 Å². The molecule has 0 aliphatic rings. The molecule has 0 bridgehead atoms. The second-order valence-corrected chi connectivity index (χ2v) is 3.01. The summed E-state index contributed by atoms with van der Waals surface area (Å²) < 4.78 is 4.42. The van der Waals surface area contributed by atoms with Gasteiger partial charge in [-0.2, -0.15) is 0 Å². The number of hydrogen-bond acceptors (Lipinski definition) is 3. The number of esters is 1. The van der Waals surface area contributed by atoms with Gasteiger partial charge in [-0.15, -0.1) is 0 Å². The van der Waals surface area contributed by atoms with E-state index in [1.807, 2.05) is 6.92 Å². The fourth-order valence-corrected chi connectivity index (χ4v) is 0.910. The number of aldehydes is 1. The Bertz CT molecular complexity index is 185. The van der Waals surface area contributed by atoms with Crippen LogP contribution in [0.3, 0.4) is 0 Å². The molecule has 0 rings (SSSR count). The Balaban J connectivity index is 3.48. The van der Waals surface area contributed by atoms with E-state index >= 15 is 0 Å². The van der Waals surface area contributed by atoms with Crippen molar-refractivity contribution >= 4 is 12.3 Å². The maximum Gasteiger partial charge on any atom is 0.330 e. The van der Waals surface area contributed by atoms with Crippen molar-refractivity contribution in [3.8, 4) is 0 Å². The van der Waals surface area contributed by atoms with Crippen molar-refractivity contribution in [1.29, 1.82) is 0 Å². The number of rotatable bonds is 6. The standard InChI is InChI=1S/C10H16O3/c1-9(7-8-11)5-3-4-6-10(12)13-2/h4,6,8-9H,3,5,7H2,1-2H3. The molecule has 13 heavy (non-hydrogen) atoms. The maximum atomic E-state index is 10.6. The Morgan fingerprint density at radius 2 is 2.23 bits per heavy atom. The first kappa shape index (κ1) is 11.9. The van der Waals surface area contributed by atoms with E-state index < -0.39 is 0 Å². The summed E-state index contributed by atoms with van der Waals surface area (Å²) in [6.07, 6.45) is 6.43. The van der Waals surface area contributed by atoms with E-state index in [1.165, 1.54) is 13.2 Å². The highest BCUT2D eigenvalue weighted by molar-refractivity contribution is 5.81. The number of ether oxygens (including phenoxy) is 1. The number of methoxy groups -OCH3 is 1.